The van der Waals surface area contributed by atoms with E-state index in [9.17, 15) is 0 Å². The van der Waals surface area contributed by atoms with Gasteiger partial charge in [0, 0.05) is 21.5 Å². The molecule has 0 saturated carbocycles. The van der Waals surface area contributed by atoms with Crippen molar-refractivity contribution in [1.82, 2.24) is 19.5 Å². The molecule has 0 radical (unpaired) electrons. The molecule has 3 aromatic heterocycles. The van der Waals surface area contributed by atoms with E-state index in [1.807, 2.05) is 32.0 Å². The van der Waals surface area contributed by atoms with Gasteiger partial charge in [-0.15, -0.1) is 0 Å². The minimum atomic E-state index is 0.619. The van der Waals surface area contributed by atoms with Gasteiger partial charge in [0.15, 0.2) is 5.58 Å². The first-order valence-corrected chi connectivity index (χ1v) is 9.65. The van der Waals surface area contributed by atoms with Gasteiger partial charge in [0.05, 0.1) is 5.52 Å². The third-order valence-electron chi connectivity index (χ3n) is 5.55. The Labute approximate surface area is 166 Å². The lowest BCUT2D eigenvalue weighted by Gasteiger charge is -2.07. The van der Waals surface area contributed by atoms with E-state index in [4.69, 9.17) is 4.42 Å². The number of fused-ring (bicyclic) bond motifs is 7. The molecule has 0 spiro atoms. The Hall–Kier alpha value is -3.73. The van der Waals surface area contributed by atoms with Gasteiger partial charge in [0.1, 0.15) is 22.7 Å². The second-order valence-electron chi connectivity index (χ2n) is 7.47. The van der Waals surface area contributed by atoms with Crippen molar-refractivity contribution in [1.29, 1.82) is 0 Å². The van der Waals surface area contributed by atoms with E-state index in [-0.39, 0.29) is 0 Å². The quantitative estimate of drug-likeness (QED) is 0.363. The Morgan fingerprint density at radius 1 is 0.724 bits per heavy atom. The highest BCUT2D eigenvalue weighted by atomic mass is 16.3. The first-order valence-electron chi connectivity index (χ1n) is 9.65. The number of para-hydroxylation sites is 1. The molecule has 6 rings (SSSR count). The van der Waals surface area contributed by atoms with Crippen LogP contribution in [0, 0.1) is 20.8 Å². The maximum atomic E-state index is 6.37. The fraction of sp³-hybridized carbons (Fsp3) is 0.125. The number of furan rings is 1. The maximum absolute atomic E-state index is 6.37. The number of aryl methyl sites for hydroxylation is 3. The molecule has 0 amide bonds. The zero-order chi connectivity index (χ0) is 19.7. The average Bonchev–Trinajstić information content (AvgIpc) is 3.23. The van der Waals surface area contributed by atoms with Gasteiger partial charge in [-0.25, -0.2) is 4.98 Å². The van der Waals surface area contributed by atoms with Crippen LogP contribution in [0.1, 0.15) is 17.2 Å². The Morgan fingerprint density at radius 2 is 1.48 bits per heavy atom. The van der Waals surface area contributed by atoms with Crippen LogP contribution in [0.5, 0.6) is 0 Å². The molecule has 5 nitrogen and oxygen atoms in total. The summed E-state index contributed by atoms with van der Waals surface area (Å²) in [6.45, 7) is 5.93. The van der Waals surface area contributed by atoms with E-state index in [1.165, 1.54) is 10.9 Å². The van der Waals surface area contributed by atoms with Gasteiger partial charge in [-0.2, -0.15) is 9.97 Å². The Kier molecular flexibility index (Phi) is 3.16. The molecule has 0 saturated heterocycles. The number of hydrogen-bond acceptors (Lipinski definition) is 4. The molecule has 0 unspecified atom stereocenters. The average molecular weight is 378 g/mol. The Bertz CT molecular complexity index is 1570. The van der Waals surface area contributed by atoms with Crippen molar-refractivity contribution in [3.05, 3.63) is 71.8 Å². The second-order valence-corrected chi connectivity index (χ2v) is 7.47. The van der Waals surface area contributed by atoms with Crippen molar-refractivity contribution in [3.8, 4) is 5.95 Å². The third kappa shape index (κ3) is 2.18. The minimum absolute atomic E-state index is 0.619. The van der Waals surface area contributed by atoms with Gasteiger partial charge in [-0.1, -0.05) is 36.4 Å². The summed E-state index contributed by atoms with van der Waals surface area (Å²) < 4.78 is 8.48. The summed E-state index contributed by atoms with van der Waals surface area (Å²) in [7, 11) is 0. The molecule has 0 aliphatic carbocycles. The summed E-state index contributed by atoms with van der Waals surface area (Å²) in [6.07, 6.45) is 0. The minimum Gasteiger partial charge on any atom is -0.454 e. The van der Waals surface area contributed by atoms with Gasteiger partial charge in [0.25, 0.3) is 0 Å². The van der Waals surface area contributed by atoms with E-state index in [0.717, 1.165) is 38.4 Å². The van der Waals surface area contributed by atoms with Gasteiger partial charge in [-0.3, -0.25) is 4.57 Å². The molecular formula is C24H18N4O. The van der Waals surface area contributed by atoms with Crippen LogP contribution in [0.15, 0.2) is 59.0 Å². The van der Waals surface area contributed by atoms with E-state index in [2.05, 4.69) is 62.8 Å². The van der Waals surface area contributed by atoms with E-state index in [1.54, 1.807) is 0 Å². The monoisotopic (exact) mass is 378 g/mol. The number of hydrogen-bond donors (Lipinski definition) is 0. The smallest absolute Gasteiger partial charge is 0.238 e. The van der Waals surface area contributed by atoms with Crippen molar-refractivity contribution in [2.24, 2.45) is 0 Å². The van der Waals surface area contributed by atoms with Gasteiger partial charge in [-0.05, 0) is 44.5 Å². The van der Waals surface area contributed by atoms with Crippen LogP contribution in [-0.4, -0.2) is 19.5 Å². The third-order valence-corrected chi connectivity index (χ3v) is 5.55. The largest absolute Gasteiger partial charge is 0.454 e. The number of aromatic nitrogens is 4. The Morgan fingerprint density at radius 3 is 2.31 bits per heavy atom. The zero-order valence-electron chi connectivity index (χ0n) is 16.4. The molecule has 6 aromatic rings. The number of benzene rings is 3. The second kappa shape index (κ2) is 5.64. The first-order chi connectivity index (χ1) is 14.1. The number of nitrogens with zero attached hydrogens (tertiary/aromatic N) is 4. The van der Waals surface area contributed by atoms with E-state index < -0.39 is 0 Å². The molecule has 29 heavy (non-hydrogen) atoms. The highest BCUT2D eigenvalue weighted by Crippen LogP contribution is 2.40. The van der Waals surface area contributed by atoms with Crippen LogP contribution < -0.4 is 0 Å². The Balaban J connectivity index is 1.91. The van der Waals surface area contributed by atoms with Crippen LogP contribution in [0.2, 0.25) is 0 Å². The molecule has 5 heteroatoms. The first kappa shape index (κ1) is 16.2. The summed E-state index contributed by atoms with van der Waals surface area (Å²) in [5.41, 5.74) is 5.01. The van der Waals surface area contributed by atoms with Crippen LogP contribution in [0.4, 0.5) is 0 Å². The summed E-state index contributed by atoms with van der Waals surface area (Å²) in [4.78, 5) is 13.7. The molecule has 3 heterocycles. The van der Waals surface area contributed by atoms with Crippen LogP contribution in [0.25, 0.3) is 49.7 Å². The standard InChI is InChI=1S/C24H18N4O/c1-13-7-6-9-19-21(13)18-12-11-17-16-8-4-5-10-20(16)29-23(17)22(18)28(19)24-26-14(2)25-15(3)27-24/h4-12H,1-3H3. The van der Waals surface area contributed by atoms with Crippen LogP contribution in [0.3, 0.4) is 0 Å². The fourth-order valence-corrected chi connectivity index (χ4v) is 4.41. The molecule has 3 aromatic carbocycles. The molecule has 0 fully saturated rings. The highest BCUT2D eigenvalue weighted by Gasteiger charge is 2.21. The van der Waals surface area contributed by atoms with Crippen molar-refractivity contribution in [3.63, 3.8) is 0 Å². The zero-order valence-corrected chi connectivity index (χ0v) is 16.4. The summed E-state index contributed by atoms with van der Waals surface area (Å²) in [5, 5.41) is 4.54. The summed E-state index contributed by atoms with van der Waals surface area (Å²) >= 11 is 0. The van der Waals surface area contributed by atoms with E-state index in [0.29, 0.717) is 17.6 Å². The predicted octanol–water partition coefficient (Wildman–Crippen LogP) is 5.79. The van der Waals surface area contributed by atoms with E-state index >= 15 is 0 Å². The number of rotatable bonds is 1. The van der Waals surface area contributed by atoms with Gasteiger partial charge >= 0.3 is 0 Å². The lowest BCUT2D eigenvalue weighted by molar-refractivity contribution is 0.670. The maximum Gasteiger partial charge on any atom is 0.238 e. The molecular weight excluding hydrogens is 360 g/mol. The molecule has 0 aliphatic heterocycles. The summed E-state index contributed by atoms with van der Waals surface area (Å²) in [6, 6.07) is 18.8. The molecule has 0 aliphatic rings. The van der Waals surface area contributed by atoms with Crippen LogP contribution in [-0.2, 0) is 0 Å². The van der Waals surface area contributed by atoms with Crippen LogP contribution >= 0.6 is 0 Å². The SMILES string of the molecule is Cc1nc(C)nc(-n2c3cccc(C)c3c3ccc4c5ccccc5oc4c32)n1. The summed E-state index contributed by atoms with van der Waals surface area (Å²) in [5.74, 6) is 2.02. The van der Waals surface area contributed by atoms with Gasteiger partial charge < -0.3 is 4.42 Å². The topological polar surface area (TPSA) is 56.7 Å². The highest BCUT2D eigenvalue weighted by molar-refractivity contribution is 6.21. The molecule has 0 bridgehead atoms. The van der Waals surface area contributed by atoms with Crippen molar-refractivity contribution >= 4 is 43.7 Å². The lowest BCUT2D eigenvalue weighted by Crippen LogP contribution is -2.06. The lowest BCUT2D eigenvalue weighted by atomic mass is 10.1. The molecule has 140 valence electrons. The molecule has 0 N–H and O–H groups in total. The predicted molar refractivity (Wildman–Crippen MR) is 116 cm³/mol. The van der Waals surface area contributed by atoms with Crippen molar-refractivity contribution in [2.75, 3.05) is 0 Å². The molecule has 0 atom stereocenters. The van der Waals surface area contributed by atoms with Crippen molar-refractivity contribution in [2.45, 2.75) is 20.8 Å². The van der Waals surface area contributed by atoms with Gasteiger partial charge in [0.2, 0.25) is 5.95 Å². The fourth-order valence-electron chi connectivity index (χ4n) is 4.41. The van der Waals surface area contributed by atoms with Crippen molar-refractivity contribution < 1.29 is 4.42 Å². The normalized spacial score (nSPS) is 12.0.